The Balaban J connectivity index is 2.24. The zero-order valence-corrected chi connectivity index (χ0v) is 12.7. The minimum atomic E-state index is -0.871. The SMILES string of the molecule is CCN1CCCC1CN(C)CCCC(C)(N)C(N)=O. The van der Waals surface area contributed by atoms with Gasteiger partial charge in [-0.15, -0.1) is 0 Å². The molecule has 19 heavy (non-hydrogen) atoms. The van der Waals surface area contributed by atoms with Gasteiger partial charge in [-0.3, -0.25) is 9.69 Å². The molecule has 112 valence electrons. The zero-order valence-electron chi connectivity index (χ0n) is 12.7. The molecule has 1 rings (SSSR count). The van der Waals surface area contributed by atoms with E-state index in [0.29, 0.717) is 12.5 Å². The molecule has 0 bridgehead atoms. The number of nitrogens with two attached hydrogens (primary N) is 2. The fourth-order valence-electron chi connectivity index (χ4n) is 2.81. The molecular formula is C14H30N4O. The summed E-state index contributed by atoms with van der Waals surface area (Å²) >= 11 is 0. The van der Waals surface area contributed by atoms with Crippen molar-refractivity contribution in [3.8, 4) is 0 Å². The Morgan fingerprint density at radius 1 is 1.53 bits per heavy atom. The summed E-state index contributed by atoms with van der Waals surface area (Å²) in [5.74, 6) is -0.414. The van der Waals surface area contributed by atoms with Crippen molar-refractivity contribution in [2.45, 2.75) is 51.1 Å². The molecule has 1 fully saturated rings. The Morgan fingerprint density at radius 2 is 2.21 bits per heavy atom. The number of hydrogen-bond acceptors (Lipinski definition) is 4. The lowest BCUT2D eigenvalue weighted by Crippen LogP contribution is -2.49. The average Bonchev–Trinajstić information content (AvgIpc) is 2.75. The van der Waals surface area contributed by atoms with E-state index >= 15 is 0 Å². The third-order valence-corrected chi connectivity index (χ3v) is 4.23. The number of carbonyl (C=O) groups is 1. The van der Waals surface area contributed by atoms with Crippen molar-refractivity contribution < 1.29 is 4.79 Å². The van der Waals surface area contributed by atoms with Crippen LogP contribution in [0.3, 0.4) is 0 Å². The van der Waals surface area contributed by atoms with Gasteiger partial charge in [0.25, 0.3) is 0 Å². The van der Waals surface area contributed by atoms with Gasteiger partial charge < -0.3 is 16.4 Å². The number of rotatable bonds is 8. The highest BCUT2D eigenvalue weighted by molar-refractivity contribution is 5.83. The third-order valence-electron chi connectivity index (χ3n) is 4.23. The highest BCUT2D eigenvalue weighted by atomic mass is 16.1. The molecule has 0 aromatic carbocycles. The summed E-state index contributed by atoms with van der Waals surface area (Å²) in [6.07, 6.45) is 4.17. The van der Waals surface area contributed by atoms with Crippen molar-refractivity contribution in [3.05, 3.63) is 0 Å². The van der Waals surface area contributed by atoms with Gasteiger partial charge in [0.15, 0.2) is 0 Å². The number of amides is 1. The maximum Gasteiger partial charge on any atom is 0.237 e. The number of likely N-dealkylation sites (N-methyl/N-ethyl adjacent to an activating group) is 2. The topological polar surface area (TPSA) is 75.6 Å². The van der Waals surface area contributed by atoms with Crippen molar-refractivity contribution in [3.63, 3.8) is 0 Å². The Morgan fingerprint density at radius 3 is 2.79 bits per heavy atom. The Hall–Kier alpha value is -0.650. The maximum atomic E-state index is 11.1. The van der Waals surface area contributed by atoms with Gasteiger partial charge in [0.1, 0.15) is 0 Å². The van der Waals surface area contributed by atoms with Crippen molar-refractivity contribution in [1.82, 2.24) is 9.80 Å². The molecule has 0 aromatic rings. The minimum Gasteiger partial charge on any atom is -0.368 e. The molecule has 1 aliphatic heterocycles. The molecule has 1 heterocycles. The zero-order chi connectivity index (χ0) is 14.5. The molecule has 0 saturated carbocycles. The molecule has 0 aromatic heterocycles. The van der Waals surface area contributed by atoms with E-state index in [9.17, 15) is 4.79 Å². The van der Waals surface area contributed by atoms with E-state index in [0.717, 1.165) is 26.1 Å². The molecular weight excluding hydrogens is 240 g/mol. The quantitative estimate of drug-likeness (QED) is 0.669. The van der Waals surface area contributed by atoms with Crippen LogP contribution in [0.15, 0.2) is 0 Å². The molecule has 4 N–H and O–H groups in total. The number of primary amides is 1. The predicted octanol–water partition coefficient (Wildman–Crippen LogP) is 0.385. The molecule has 0 spiro atoms. The van der Waals surface area contributed by atoms with Gasteiger partial charge in [-0.25, -0.2) is 0 Å². The lowest BCUT2D eigenvalue weighted by molar-refractivity contribution is -0.122. The molecule has 2 unspecified atom stereocenters. The number of carbonyl (C=O) groups excluding carboxylic acids is 1. The largest absolute Gasteiger partial charge is 0.368 e. The fraction of sp³-hybridized carbons (Fsp3) is 0.929. The first-order valence-corrected chi connectivity index (χ1v) is 7.38. The van der Waals surface area contributed by atoms with Crippen molar-refractivity contribution in [2.75, 3.05) is 33.2 Å². The van der Waals surface area contributed by atoms with E-state index in [2.05, 4.69) is 23.8 Å². The van der Waals surface area contributed by atoms with Crippen molar-refractivity contribution in [2.24, 2.45) is 11.5 Å². The van der Waals surface area contributed by atoms with Gasteiger partial charge in [-0.1, -0.05) is 6.92 Å². The molecule has 1 amide bonds. The monoisotopic (exact) mass is 270 g/mol. The first-order chi connectivity index (χ1) is 8.86. The summed E-state index contributed by atoms with van der Waals surface area (Å²) in [5, 5.41) is 0. The van der Waals surface area contributed by atoms with Crippen LogP contribution >= 0.6 is 0 Å². The number of likely N-dealkylation sites (tertiary alicyclic amines) is 1. The highest BCUT2D eigenvalue weighted by Crippen LogP contribution is 2.17. The van der Waals surface area contributed by atoms with Gasteiger partial charge in [-0.2, -0.15) is 0 Å². The highest BCUT2D eigenvalue weighted by Gasteiger charge is 2.26. The summed E-state index contributed by atoms with van der Waals surface area (Å²) in [4.78, 5) is 16.0. The summed E-state index contributed by atoms with van der Waals surface area (Å²) in [6.45, 7) is 8.38. The molecule has 1 saturated heterocycles. The average molecular weight is 270 g/mol. The summed E-state index contributed by atoms with van der Waals surface area (Å²) < 4.78 is 0. The van der Waals surface area contributed by atoms with Gasteiger partial charge in [0.2, 0.25) is 5.91 Å². The molecule has 5 heteroatoms. The fourth-order valence-corrected chi connectivity index (χ4v) is 2.81. The standard InChI is InChI=1S/C14H30N4O/c1-4-18-10-5-7-12(18)11-17(3)9-6-8-14(2,16)13(15)19/h12H,4-11,16H2,1-3H3,(H2,15,19). The van der Waals surface area contributed by atoms with Crippen LogP contribution in [-0.4, -0.2) is 60.5 Å². The third kappa shape index (κ3) is 5.09. The molecule has 0 radical (unpaired) electrons. The van der Waals surface area contributed by atoms with Gasteiger partial charge >= 0.3 is 0 Å². The van der Waals surface area contributed by atoms with Crippen LogP contribution < -0.4 is 11.5 Å². The normalized spacial score (nSPS) is 23.7. The van der Waals surface area contributed by atoms with E-state index < -0.39 is 11.4 Å². The first kappa shape index (κ1) is 16.4. The Bertz CT molecular complexity index is 293. The Labute approximate surface area is 117 Å². The minimum absolute atomic E-state index is 0.414. The van der Waals surface area contributed by atoms with Gasteiger partial charge in [-0.05, 0) is 59.3 Å². The van der Waals surface area contributed by atoms with E-state index in [4.69, 9.17) is 11.5 Å². The molecule has 2 atom stereocenters. The number of nitrogens with zero attached hydrogens (tertiary/aromatic N) is 2. The van der Waals surface area contributed by atoms with E-state index in [1.165, 1.54) is 19.4 Å². The number of hydrogen-bond donors (Lipinski definition) is 2. The summed E-state index contributed by atoms with van der Waals surface area (Å²) in [7, 11) is 2.14. The molecule has 0 aliphatic carbocycles. The van der Waals surface area contributed by atoms with E-state index in [1.807, 2.05) is 0 Å². The predicted molar refractivity (Wildman–Crippen MR) is 78.8 cm³/mol. The van der Waals surface area contributed by atoms with Crippen molar-refractivity contribution in [1.29, 1.82) is 0 Å². The molecule has 1 aliphatic rings. The molecule has 5 nitrogen and oxygen atoms in total. The van der Waals surface area contributed by atoms with Crippen LogP contribution in [0.25, 0.3) is 0 Å². The first-order valence-electron chi connectivity index (χ1n) is 7.38. The smallest absolute Gasteiger partial charge is 0.237 e. The van der Waals surface area contributed by atoms with Crippen LogP contribution in [0.2, 0.25) is 0 Å². The lowest BCUT2D eigenvalue weighted by Gasteiger charge is -2.28. The lowest BCUT2D eigenvalue weighted by atomic mass is 9.96. The van der Waals surface area contributed by atoms with Gasteiger partial charge in [0, 0.05) is 12.6 Å². The van der Waals surface area contributed by atoms with Crippen LogP contribution in [-0.2, 0) is 4.79 Å². The van der Waals surface area contributed by atoms with Crippen molar-refractivity contribution >= 4 is 5.91 Å². The van der Waals surface area contributed by atoms with Gasteiger partial charge in [0.05, 0.1) is 5.54 Å². The maximum absolute atomic E-state index is 11.1. The van der Waals surface area contributed by atoms with Crippen LogP contribution in [0.1, 0.15) is 39.5 Å². The Kier molecular flexibility index (Phi) is 6.23. The van der Waals surface area contributed by atoms with Crippen LogP contribution in [0, 0.1) is 0 Å². The second-order valence-corrected chi connectivity index (χ2v) is 6.07. The summed E-state index contributed by atoms with van der Waals surface area (Å²) in [6, 6.07) is 0.690. The van der Waals surface area contributed by atoms with Crippen LogP contribution in [0.5, 0.6) is 0 Å². The van der Waals surface area contributed by atoms with E-state index in [-0.39, 0.29) is 0 Å². The second kappa shape index (κ2) is 7.22. The van der Waals surface area contributed by atoms with E-state index in [1.54, 1.807) is 6.92 Å². The van der Waals surface area contributed by atoms with Crippen LogP contribution in [0.4, 0.5) is 0 Å². The second-order valence-electron chi connectivity index (χ2n) is 6.07. The summed E-state index contributed by atoms with van der Waals surface area (Å²) in [5.41, 5.74) is 10.3.